The number of imide groups is 1. The second-order valence-electron chi connectivity index (χ2n) is 9.04. The van der Waals surface area contributed by atoms with E-state index in [-0.39, 0.29) is 48.5 Å². The minimum atomic E-state index is -0.687. The molecule has 0 bridgehead atoms. The van der Waals surface area contributed by atoms with Crippen LogP contribution in [0.15, 0.2) is 24.4 Å². The number of nitrogens with zero attached hydrogens (tertiary/aromatic N) is 5. The lowest BCUT2D eigenvalue weighted by atomic mass is 10.0. The fraction of sp³-hybridized carbons (Fsp3) is 0.435. The van der Waals surface area contributed by atoms with Crippen LogP contribution in [-0.4, -0.2) is 86.7 Å². The molecule has 1 aromatic heterocycles. The molecule has 2 atom stereocenters. The minimum absolute atomic E-state index is 0.121. The molecule has 2 saturated heterocycles. The number of benzene rings is 1. The average Bonchev–Trinajstić information content (AvgIpc) is 3.61. The Bertz CT molecular complexity index is 1260. The van der Waals surface area contributed by atoms with Gasteiger partial charge in [-0.25, -0.2) is 9.48 Å². The predicted octanol–water partition coefficient (Wildman–Crippen LogP) is -0.438. The smallest absolute Gasteiger partial charge is 0.314 e. The van der Waals surface area contributed by atoms with Crippen molar-refractivity contribution in [2.45, 2.75) is 44.3 Å². The average molecular weight is 495 g/mol. The van der Waals surface area contributed by atoms with Gasteiger partial charge in [0.25, 0.3) is 11.8 Å². The van der Waals surface area contributed by atoms with Gasteiger partial charge >= 0.3 is 6.03 Å². The molecule has 4 heterocycles. The zero-order valence-corrected chi connectivity index (χ0v) is 19.7. The van der Waals surface area contributed by atoms with E-state index in [1.54, 1.807) is 29.3 Å². The zero-order chi connectivity index (χ0) is 25.4. The number of hydrogen-bond acceptors (Lipinski definition) is 7. The molecule has 2 unspecified atom stereocenters. The van der Waals surface area contributed by atoms with Crippen LogP contribution in [0.1, 0.15) is 52.1 Å². The van der Waals surface area contributed by atoms with Gasteiger partial charge in [-0.1, -0.05) is 5.21 Å². The summed E-state index contributed by atoms with van der Waals surface area (Å²) in [7, 11) is 1.53. The summed E-state index contributed by atoms with van der Waals surface area (Å²) in [5.41, 5.74) is 2.02. The number of hydrogen-bond donors (Lipinski definition) is 3. The number of likely N-dealkylation sites (tertiary alicyclic amines) is 1. The van der Waals surface area contributed by atoms with Crippen LogP contribution in [0, 0.1) is 0 Å². The Labute approximate surface area is 206 Å². The number of carbonyl (C=O) groups is 5. The van der Waals surface area contributed by atoms with E-state index in [0.717, 1.165) is 18.4 Å². The summed E-state index contributed by atoms with van der Waals surface area (Å²) in [5.74, 6) is -1.31. The molecule has 2 fully saturated rings. The van der Waals surface area contributed by atoms with E-state index in [1.165, 1.54) is 16.6 Å². The molecule has 36 heavy (non-hydrogen) atoms. The van der Waals surface area contributed by atoms with Crippen LogP contribution in [0.25, 0.3) is 5.69 Å². The molecule has 2 aromatic rings. The van der Waals surface area contributed by atoms with Gasteiger partial charge in [0.2, 0.25) is 11.8 Å². The quantitative estimate of drug-likeness (QED) is 0.475. The minimum Gasteiger partial charge on any atom is -0.341 e. The van der Waals surface area contributed by atoms with E-state index >= 15 is 0 Å². The number of aromatic nitrogens is 3. The molecule has 0 radical (unpaired) electrons. The Kier molecular flexibility index (Phi) is 6.12. The van der Waals surface area contributed by atoms with Gasteiger partial charge in [-0.05, 0) is 43.0 Å². The standard InChI is InChI=1S/C23H26N8O5/c1-24-23(36)25-10-15-3-2-8-29(15)22(35)17-12-31(28-27-17)14-4-5-16-13(9-14)11-30(21(16)34)18-6-7-19(32)26-20(18)33/h4-5,9,12,15,18H,2-3,6-8,10-11H2,1H3,(H2,24,25,36)(H,26,32,33). The molecule has 5 rings (SSSR count). The van der Waals surface area contributed by atoms with E-state index < -0.39 is 11.9 Å². The van der Waals surface area contributed by atoms with Crippen molar-refractivity contribution in [1.82, 2.24) is 40.7 Å². The van der Waals surface area contributed by atoms with E-state index in [4.69, 9.17) is 0 Å². The number of rotatable bonds is 5. The molecule has 13 heteroatoms. The van der Waals surface area contributed by atoms with Crippen LogP contribution in [0.5, 0.6) is 0 Å². The molecule has 0 spiro atoms. The second-order valence-corrected chi connectivity index (χ2v) is 9.04. The summed E-state index contributed by atoms with van der Waals surface area (Å²) in [6, 6.07) is 4.06. The van der Waals surface area contributed by atoms with Crippen LogP contribution >= 0.6 is 0 Å². The lowest BCUT2D eigenvalue weighted by molar-refractivity contribution is -0.136. The van der Waals surface area contributed by atoms with Crippen molar-refractivity contribution >= 4 is 29.7 Å². The lowest BCUT2D eigenvalue weighted by Gasteiger charge is -2.29. The largest absolute Gasteiger partial charge is 0.341 e. The van der Waals surface area contributed by atoms with Gasteiger partial charge in [0.05, 0.1) is 11.9 Å². The third-order valence-electron chi connectivity index (χ3n) is 6.85. The lowest BCUT2D eigenvalue weighted by Crippen LogP contribution is -2.52. The second kappa shape index (κ2) is 9.40. The topological polar surface area (TPSA) is 159 Å². The third-order valence-corrected chi connectivity index (χ3v) is 6.85. The third kappa shape index (κ3) is 4.27. The maximum Gasteiger partial charge on any atom is 0.314 e. The molecule has 3 N–H and O–H groups in total. The molecule has 0 saturated carbocycles. The normalized spacial score (nSPS) is 21.4. The molecule has 6 amide bonds. The van der Waals surface area contributed by atoms with Crippen LogP contribution in [0.4, 0.5) is 4.79 Å². The van der Waals surface area contributed by atoms with E-state index in [0.29, 0.717) is 30.8 Å². The SMILES string of the molecule is CNC(=O)NCC1CCCN1C(=O)c1cn(-c2ccc3c(c2)CN(C2CCC(=O)NC2=O)C3=O)nn1. The van der Waals surface area contributed by atoms with Crippen molar-refractivity contribution in [2.24, 2.45) is 0 Å². The van der Waals surface area contributed by atoms with E-state index in [9.17, 15) is 24.0 Å². The van der Waals surface area contributed by atoms with Crippen molar-refractivity contribution in [3.63, 3.8) is 0 Å². The van der Waals surface area contributed by atoms with Gasteiger partial charge in [0, 0.05) is 44.7 Å². The maximum atomic E-state index is 13.1. The predicted molar refractivity (Wildman–Crippen MR) is 124 cm³/mol. The van der Waals surface area contributed by atoms with Gasteiger partial charge in [-0.3, -0.25) is 24.5 Å². The number of nitrogens with one attached hydrogen (secondary N) is 3. The Morgan fingerprint density at radius 1 is 1.19 bits per heavy atom. The molecule has 0 aliphatic carbocycles. The van der Waals surface area contributed by atoms with Crippen LogP contribution in [0.2, 0.25) is 0 Å². The molecule has 1 aromatic carbocycles. The number of piperidine rings is 1. The summed E-state index contributed by atoms with van der Waals surface area (Å²) in [4.78, 5) is 64.4. The van der Waals surface area contributed by atoms with Gasteiger partial charge in [0.15, 0.2) is 5.69 Å². The Balaban J connectivity index is 1.29. The number of amides is 6. The van der Waals surface area contributed by atoms with Crippen molar-refractivity contribution in [2.75, 3.05) is 20.1 Å². The highest BCUT2D eigenvalue weighted by Gasteiger charge is 2.39. The van der Waals surface area contributed by atoms with Gasteiger partial charge < -0.3 is 20.4 Å². The summed E-state index contributed by atoms with van der Waals surface area (Å²) < 4.78 is 1.47. The van der Waals surface area contributed by atoms with Gasteiger partial charge in [0.1, 0.15) is 6.04 Å². The molecular formula is C23H26N8O5. The van der Waals surface area contributed by atoms with Crippen molar-refractivity contribution in [3.8, 4) is 5.69 Å². The summed E-state index contributed by atoms with van der Waals surface area (Å²) >= 11 is 0. The maximum absolute atomic E-state index is 13.1. The van der Waals surface area contributed by atoms with E-state index in [2.05, 4.69) is 26.3 Å². The van der Waals surface area contributed by atoms with Gasteiger partial charge in [-0.15, -0.1) is 5.10 Å². The highest BCUT2D eigenvalue weighted by molar-refractivity contribution is 6.05. The van der Waals surface area contributed by atoms with Crippen molar-refractivity contribution < 1.29 is 24.0 Å². The molecule has 188 valence electrons. The molecular weight excluding hydrogens is 468 g/mol. The number of carbonyl (C=O) groups excluding carboxylic acids is 5. The van der Waals surface area contributed by atoms with Crippen LogP contribution in [0.3, 0.4) is 0 Å². The first-order chi connectivity index (χ1) is 17.4. The van der Waals surface area contributed by atoms with Crippen LogP contribution < -0.4 is 16.0 Å². The summed E-state index contributed by atoms with van der Waals surface area (Å²) in [5, 5.41) is 15.7. The molecule has 13 nitrogen and oxygen atoms in total. The Morgan fingerprint density at radius 3 is 2.81 bits per heavy atom. The highest BCUT2D eigenvalue weighted by Crippen LogP contribution is 2.29. The first-order valence-electron chi connectivity index (χ1n) is 11.8. The molecule has 3 aliphatic rings. The fourth-order valence-electron chi connectivity index (χ4n) is 4.95. The van der Waals surface area contributed by atoms with Crippen molar-refractivity contribution in [3.05, 3.63) is 41.2 Å². The number of urea groups is 1. The van der Waals surface area contributed by atoms with Crippen LogP contribution in [-0.2, 0) is 16.1 Å². The Morgan fingerprint density at radius 2 is 2.03 bits per heavy atom. The number of fused-ring (bicyclic) bond motifs is 1. The fourth-order valence-corrected chi connectivity index (χ4v) is 4.95. The van der Waals surface area contributed by atoms with Gasteiger partial charge in [-0.2, -0.15) is 0 Å². The van der Waals surface area contributed by atoms with E-state index in [1.807, 2.05) is 0 Å². The molecule has 3 aliphatic heterocycles. The zero-order valence-electron chi connectivity index (χ0n) is 19.7. The Hall–Kier alpha value is -4.29. The highest BCUT2D eigenvalue weighted by atomic mass is 16.2. The first-order valence-corrected chi connectivity index (χ1v) is 11.8. The summed E-state index contributed by atoms with van der Waals surface area (Å²) in [6.07, 6.45) is 3.65. The summed E-state index contributed by atoms with van der Waals surface area (Å²) in [6.45, 7) is 1.16. The first kappa shape index (κ1) is 23.5. The monoisotopic (exact) mass is 494 g/mol. The van der Waals surface area contributed by atoms with Crippen molar-refractivity contribution in [1.29, 1.82) is 0 Å².